The summed E-state index contributed by atoms with van der Waals surface area (Å²) < 4.78 is 10.5. The molecule has 3 aromatic rings. The molecule has 152 valence electrons. The van der Waals surface area contributed by atoms with Crippen LogP contribution in [0, 0.1) is 0 Å². The first kappa shape index (κ1) is 19.0. The van der Waals surface area contributed by atoms with Gasteiger partial charge in [0.1, 0.15) is 0 Å². The highest BCUT2D eigenvalue weighted by molar-refractivity contribution is 7.80. The maximum atomic E-state index is 13.1. The predicted molar refractivity (Wildman–Crippen MR) is 116 cm³/mol. The van der Waals surface area contributed by atoms with Crippen molar-refractivity contribution < 1.29 is 23.9 Å². The Labute approximate surface area is 182 Å². The van der Waals surface area contributed by atoms with E-state index in [1.807, 2.05) is 0 Å². The summed E-state index contributed by atoms with van der Waals surface area (Å²) in [4.78, 5) is 38.5. The van der Waals surface area contributed by atoms with Gasteiger partial charge in [0, 0.05) is 22.3 Å². The highest BCUT2D eigenvalue weighted by Gasteiger charge is 2.31. The molecule has 0 saturated heterocycles. The summed E-state index contributed by atoms with van der Waals surface area (Å²) in [6.07, 6.45) is 0. The van der Waals surface area contributed by atoms with Gasteiger partial charge in [0.25, 0.3) is 5.91 Å². The molecule has 0 fully saturated rings. The number of ether oxygens (including phenoxy) is 2. The van der Waals surface area contributed by atoms with Gasteiger partial charge < -0.3 is 14.8 Å². The van der Waals surface area contributed by atoms with Crippen molar-refractivity contribution in [3.8, 4) is 11.5 Å². The van der Waals surface area contributed by atoms with Crippen molar-refractivity contribution in [2.24, 2.45) is 0 Å². The summed E-state index contributed by atoms with van der Waals surface area (Å²) in [7, 11) is 0. The van der Waals surface area contributed by atoms with E-state index in [4.69, 9.17) is 21.7 Å². The standard InChI is InChI=1S/C23H14N2O5S/c26-20-13-4-1-2-5-14(13)21(27)19-15(20)6-3-7-16(19)24-23(31)25-22(28)12-8-9-17-18(10-12)30-11-29-17/h1-10H,11H2,(H2,24,25,28,31). The molecule has 5 rings (SSSR count). The van der Waals surface area contributed by atoms with Gasteiger partial charge in [-0.3, -0.25) is 19.7 Å². The van der Waals surface area contributed by atoms with Crippen molar-refractivity contribution in [2.75, 3.05) is 12.1 Å². The Morgan fingerprint density at radius 1 is 0.839 bits per heavy atom. The van der Waals surface area contributed by atoms with Crippen LogP contribution in [0.5, 0.6) is 11.5 Å². The van der Waals surface area contributed by atoms with E-state index < -0.39 is 5.91 Å². The third-order valence-electron chi connectivity index (χ3n) is 5.06. The van der Waals surface area contributed by atoms with Crippen LogP contribution in [-0.4, -0.2) is 29.4 Å². The van der Waals surface area contributed by atoms with Crippen LogP contribution in [0.3, 0.4) is 0 Å². The smallest absolute Gasteiger partial charge is 0.257 e. The monoisotopic (exact) mass is 430 g/mol. The number of rotatable bonds is 2. The van der Waals surface area contributed by atoms with Gasteiger partial charge in [-0.15, -0.1) is 0 Å². The molecule has 1 aliphatic carbocycles. The molecule has 0 atom stereocenters. The molecule has 1 heterocycles. The Morgan fingerprint density at radius 2 is 1.55 bits per heavy atom. The highest BCUT2D eigenvalue weighted by Crippen LogP contribution is 2.33. The quantitative estimate of drug-likeness (QED) is 0.471. The molecule has 7 nitrogen and oxygen atoms in total. The summed E-state index contributed by atoms with van der Waals surface area (Å²) in [5, 5.41) is 5.45. The SMILES string of the molecule is O=C(NC(=S)Nc1cccc2c1C(=O)c1ccccc1C2=O)c1ccc2c(c1)OCO2. The number of hydrogen-bond donors (Lipinski definition) is 2. The fraction of sp³-hybridized carbons (Fsp3) is 0.0435. The fourth-order valence-corrected chi connectivity index (χ4v) is 3.82. The first-order valence-corrected chi connectivity index (χ1v) is 9.77. The Morgan fingerprint density at radius 3 is 2.35 bits per heavy atom. The van der Waals surface area contributed by atoms with Crippen LogP contribution in [-0.2, 0) is 0 Å². The molecule has 1 aliphatic heterocycles. The van der Waals surface area contributed by atoms with Crippen LogP contribution >= 0.6 is 12.2 Å². The van der Waals surface area contributed by atoms with E-state index in [-0.39, 0.29) is 29.0 Å². The number of fused-ring (bicyclic) bond motifs is 3. The Hall–Kier alpha value is -4.04. The third kappa shape index (κ3) is 3.23. The zero-order chi connectivity index (χ0) is 21.5. The molecule has 31 heavy (non-hydrogen) atoms. The van der Waals surface area contributed by atoms with Crippen molar-refractivity contribution in [3.63, 3.8) is 0 Å². The average Bonchev–Trinajstić information content (AvgIpc) is 3.25. The molecule has 0 spiro atoms. The Balaban J connectivity index is 1.39. The van der Waals surface area contributed by atoms with E-state index in [1.54, 1.807) is 60.7 Å². The van der Waals surface area contributed by atoms with Crippen LogP contribution < -0.4 is 20.1 Å². The molecule has 0 aromatic heterocycles. The summed E-state index contributed by atoms with van der Waals surface area (Å²) in [6, 6.07) is 16.4. The minimum Gasteiger partial charge on any atom is -0.454 e. The van der Waals surface area contributed by atoms with Crippen molar-refractivity contribution >= 4 is 40.5 Å². The molecule has 8 heteroatoms. The minimum atomic E-state index is -0.451. The zero-order valence-electron chi connectivity index (χ0n) is 15.9. The first-order valence-electron chi connectivity index (χ1n) is 9.36. The summed E-state index contributed by atoms with van der Waals surface area (Å²) >= 11 is 5.27. The number of carbonyl (C=O) groups excluding carboxylic acids is 3. The topological polar surface area (TPSA) is 93.7 Å². The molecule has 2 N–H and O–H groups in total. The average molecular weight is 430 g/mol. The van der Waals surface area contributed by atoms with E-state index in [9.17, 15) is 14.4 Å². The van der Waals surface area contributed by atoms with Crippen LogP contribution in [0.4, 0.5) is 5.69 Å². The van der Waals surface area contributed by atoms with E-state index in [0.717, 1.165) is 0 Å². The molecule has 3 aromatic carbocycles. The second-order valence-electron chi connectivity index (χ2n) is 6.91. The lowest BCUT2D eigenvalue weighted by Gasteiger charge is -2.21. The first-order chi connectivity index (χ1) is 15.0. The molecule has 0 unspecified atom stereocenters. The molecule has 1 amide bonds. The number of thiocarbonyl (C=S) groups is 1. The van der Waals surface area contributed by atoms with Crippen molar-refractivity contribution in [1.82, 2.24) is 5.32 Å². The number of carbonyl (C=O) groups is 3. The van der Waals surface area contributed by atoms with Crippen LogP contribution in [0.25, 0.3) is 0 Å². The van der Waals surface area contributed by atoms with Crippen LogP contribution in [0.15, 0.2) is 60.7 Å². The van der Waals surface area contributed by atoms with Gasteiger partial charge >= 0.3 is 0 Å². The van der Waals surface area contributed by atoms with Crippen molar-refractivity contribution in [3.05, 3.63) is 88.5 Å². The number of amides is 1. The van der Waals surface area contributed by atoms with Gasteiger partial charge in [-0.25, -0.2) is 0 Å². The zero-order valence-corrected chi connectivity index (χ0v) is 16.7. The van der Waals surface area contributed by atoms with E-state index in [1.165, 1.54) is 0 Å². The van der Waals surface area contributed by atoms with Gasteiger partial charge in [-0.2, -0.15) is 0 Å². The lowest BCUT2D eigenvalue weighted by molar-refractivity contribution is 0.0976. The number of hydrogen-bond acceptors (Lipinski definition) is 6. The number of nitrogens with one attached hydrogen (secondary N) is 2. The third-order valence-corrected chi connectivity index (χ3v) is 5.27. The van der Waals surface area contributed by atoms with Gasteiger partial charge in [-0.1, -0.05) is 36.4 Å². The van der Waals surface area contributed by atoms with Crippen molar-refractivity contribution in [2.45, 2.75) is 0 Å². The number of anilines is 1. The Bertz CT molecular complexity index is 1300. The molecule has 2 aliphatic rings. The molecule has 0 radical (unpaired) electrons. The molecule has 0 saturated carbocycles. The normalized spacial score (nSPS) is 13.3. The predicted octanol–water partition coefficient (Wildman–Crippen LogP) is 3.32. The van der Waals surface area contributed by atoms with Gasteiger partial charge in [-0.05, 0) is 36.5 Å². The van der Waals surface area contributed by atoms with Crippen LogP contribution in [0.2, 0.25) is 0 Å². The van der Waals surface area contributed by atoms with E-state index in [0.29, 0.717) is 39.4 Å². The number of benzene rings is 3. The second kappa shape index (κ2) is 7.33. The largest absolute Gasteiger partial charge is 0.454 e. The van der Waals surface area contributed by atoms with Crippen molar-refractivity contribution in [1.29, 1.82) is 0 Å². The maximum absolute atomic E-state index is 13.1. The lowest BCUT2D eigenvalue weighted by Crippen LogP contribution is -2.35. The highest BCUT2D eigenvalue weighted by atomic mass is 32.1. The maximum Gasteiger partial charge on any atom is 0.257 e. The number of ketones is 2. The summed E-state index contributed by atoms with van der Waals surface area (Å²) in [6.45, 7) is 0.107. The fourth-order valence-electron chi connectivity index (χ4n) is 3.62. The van der Waals surface area contributed by atoms with E-state index in [2.05, 4.69) is 10.6 Å². The van der Waals surface area contributed by atoms with Gasteiger partial charge in [0.15, 0.2) is 28.2 Å². The van der Waals surface area contributed by atoms with Crippen LogP contribution in [0.1, 0.15) is 42.2 Å². The summed E-state index contributed by atoms with van der Waals surface area (Å²) in [5.74, 6) is 0.0822. The van der Waals surface area contributed by atoms with Gasteiger partial charge in [0.05, 0.1) is 11.3 Å². The van der Waals surface area contributed by atoms with E-state index >= 15 is 0 Å². The lowest BCUT2D eigenvalue weighted by atomic mass is 9.83. The summed E-state index contributed by atoms with van der Waals surface area (Å²) in [5.41, 5.74) is 1.91. The minimum absolute atomic E-state index is 0.00447. The second-order valence-corrected chi connectivity index (χ2v) is 7.32. The molecule has 0 bridgehead atoms. The Kier molecular flexibility index (Phi) is 4.48. The molecular formula is C23H14N2O5S. The molecular weight excluding hydrogens is 416 g/mol. The van der Waals surface area contributed by atoms with Gasteiger partial charge in [0.2, 0.25) is 6.79 Å².